The van der Waals surface area contributed by atoms with E-state index in [2.05, 4.69) is 0 Å². The van der Waals surface area contributed by atoms with Crippen molar-refractivity contribution in [1.82, 2.24) is 0 Å². The molecule has 0 aromatic heterocycles. The van der Waals surface area contributed by atoms with Gasteiger partial charge in [-0.15, -0.1) is 0 Å². The van der Waals surface area contributed by atoms with Crippen LogP contribution < -0.4 is 4.74 Å². The summed E-state index contributed by atoms with van der Waals surface area (Å²) in [5.74, 6) is -2.93. The zero-order chi connectivity index (χ0) is 14.0. The third-order valence-electron chi connectivity index (χ3n) is 2.69. The maximum absolute atomic E-state index is 14.1. The Morgan fingerprint density at radius 2 is 1.84 bits per heavy atom. The van der Waals surface area contributed by atoms with Crippen molar-refractivity contribution in [2.24, 2.45) is 0 Å². The predicted molar refractivity (Wildman–Crippen MR) is 65.3 cm³/mol. The molecule has 3 nitrogen and oxygen atoms in total. The molecule has 2 rings (SSSR count). The van der Waals surface area contributed by atoms with Gasteiger partial charge < -0.3 is 9.84 Å². The van der Waals surface area contributed by atoms with E-state index in [1.54, 1.807) is 0 Å². The summed E-state index contributed by atoms with van der Waals surface area (Å²) in [6.45, 7) is 0. The lowest BCUT2D eigenvalue weighted by Gasteiger charge is -2.11. The monoisotopic (exact) mass is 264 g/mol. The van der Waals surface area contributed by atoms with Crippen LogP contribution in [-0.2, 0) is 0 Å². The largest absolute Gasteiger partial charge is 0.496 e. The number of hydrogen-bond donors (Lipinski definition) is 1. The highest BCUT2D eigenvalue weighted by Crippen LogP contribution is 2.34. The van der Waals surface area contributed by atoms with E-state index in [-0.39, 0.29) is 16.9 Å². The van der Waals surface area contributed by atoms with Crippen LogP contribution in [0.2, 0.25) is 0 Å². The molecule has 0 saturated heterocycles. The molecule has 0 spiro atoms. The molecule has 2 aromatic rings. The molecule has 0 amide bonds. The van der Waals surface area contributed by atoms with Gasteiger partial charge in [0.15, 0.2) is 0 Å². The highest BCUT2D eigenvalue weighted by atomic mass is 19.1. The van der Waals surface area contributed by atoms with Crippen LogP contribution in [0.1, 0.15) is 10.4 Å². The first-order chi connectivity index (χ1) is 9.06. The fraction of sp³-hybridized carbons (Fsp3) is 0.0714. The van der Waals surface area contributed by atoms with Gasteiger partial charge in [0, 0.05) is 5.56 Å². The lowest BCUT2D eigenvalue weighted by Crippen LogP contribution is -2.03. The van der Waals surface area contributed by atoms with Crippen LogP contribution in [0.3, 0.4) is 0 Å². The van der Waals surface area contributed by atoms with E-state index >= 15 is 0 Å². The fourth-order valence-corrected chi connectivity index (χ4v) is 1.83. The number of carbonyl (C=O) groups is 1. The van der Waals surface area contributed by atoms with Gasteiger partial charge in [0.05, 0.1) is 18.2 Å². The minimum absolute atomic E-state index is 0.0920. The SMILES string of the molecule is COc1cccc(F)c1-c1cccc(C(=O)O)c1F. The Balaban J connectivity index is 2.73. The maximum atomic E-state index is 14.1. The molecular weight excluding hydrogens is 254 g/mol. The van der Waals surface area contributed by atoms with Crippen molar-refractivity contribution < 1.29 is 23.4 Å². The maximum Gasteiger partial charge on any atom is 0.338 e. The van der Waals surface area contributed by atoms with Gasteiger partial charge >= 0.3 is 5.97 Å². The summed E-state index contributed by atoms with van der Waals surface area (Å²) in [7, 11) is 1.33. The summed E-state index contributed by atoms with van der Waals surface area (Å²) in [4.78, 5) is 10.9. The summed E-state index contributed by atoms with van der Waals surface area (Å²) in [5, 5.41) is 8.87. The highest BCUT2D eigenvalue weighted by Gasteiger charge is 2.20. The van der Waals surface area contributed by atoms with Crippen molar-refractivity contribution >= 4 is 5.97 Å². The second kappa shape index (κ2) is 5.06. The predicted octanol–water partition coefficient (Wildman–Crippen LogP) is 3.34. The van der Waals surface area contributed by atoms with Gasteiger partial charge in [-0.25, -0.2) is 13.6 Å². The summed E-state index contributed by atoms with van der Waals surface area (Å²) < 4.78 is 32.9. The molecule has 0 bridgehead atoms. The molecule has 1 N–H and O–H groups in total. The molecule has 0 heterocycles. The molecule has 0 atom stereocenters. The molecule has 0 fully saturated rings. The summed E-state index contributed by atoms with van der Waals surface area (Å²) in [5.41, 5.74) is -0.747. The molecular formula is C14H10F2O3. The van der Waals surface area contributed by atoms with Gasteiger partial charge in [0.2, 0.25) is 0 Å². The van der Waals surface area contributed by atoms with Gasteiger partial charge in [0.25, 0.3) is 0 Å². The first-order valence-corrected chi connectivity index (χ1v) is 5.41. The number of carboxylic acids is 1. The molecule has 0 aliphatic heterocycles. The lowest BCUT2D eigenvalue weighted by atomic mass is 10.0. The smallest absolute Gasteiger partial charge is 0.338 e. The molecule has 0 aliphatic carbocycles. The van der Waals surface area contributed by atoms with Gasteiger partial charge in [-0.1, -0.05) is 18.2 Å². The van der Waals surface area contributed by atoms with Gasteiger partial charge in [-0.05, 0) is 18.2 Å². The summed E-state index contributed by atoms with van der Waals surface area (Å²) >= 11 is 0. The van der Waals surface area contributed by atoms with E-state index in [1.807, 2.05) is 0 Å². The number of benzene rings is 2. The van der Waals surface area contributed by atoms with Crippen molar-refractivity contribution in [3.8, 4) is 16.9 Å². The van der Waals surface area contributed by atoms with Crippen molar-refractivity contribution in [2.75, 3.05) is 7.11 Å². The summed E-state index contributed by atoms with van der Waals surface area (Å²) in [6, 6.07) is 7.84. The van der Waals surface area contributed by atoms with Crippen LogP contribution in [0.25, 0.3) is 11.1 Å². The molecule has 98 valence electrons. The Kier molecular flexibility index (Phi) is 3.46. The van der Waals surface area contributed by atoms with E-state index in [1.165, 1.54) is 31.4 Å². The normalized spacial score (nSPS) is 10.3. The van der Waals surface area contributed by atoms with Crippen LogP contribution in [0.4, 0.5) is 8.78 Å². The zero-order valence-electron chi connectivity index (χ0n) is 9.98. The number of halogens is 2. The fourth-order valence-electron chi connectivity index (χ4n) is 1.83. The Hall–Kier alpha value is -2.43. The standard InChI is InChI=1S/C14H10F2O3/c1-19-11-7-3-6-10(15)12(11)8-4-2-5-9(13(8)16)14(17)18/h2-7H,1H3,(H,17,18). The topological polar surface area (TPSA) is 46.5 Å². The van der Waals surface area contributed by atoms with Crippen LogP contribution in [-0.4, -0.2) is 18.2 Å². The zero-order valence-corrected chi connectivity index (χ0v) is 9.98. The molecule has 19 heavy (non-hydrogen) atoms. The first-order valence-electron chi connectivity index (χ1n) is 5.41. The van der Waals surface area contributed by atoms with E-state index < -0.39 is 23.2 Å². The second-order valence-corrected chi connectivity index (χ2v) is 3.79. The third-order valence-corrected chi connectivity index (χ3v) is 2.69. The minimum atomic E-state index is -1.41. The molecule has 2 aromatic carbocycles. The Morgan fingerprint density at radius 1 is 1.16 bits per heavy atom. The van der Waals surface area contributed by atoms with Crippen molar-refractivity contribution in [2.45, 2.75) is 0 Å². The molecule has 0 aliphatic rings. The Morgan fingerprint density at radius 3 is 2.47 bits per heavy atom. The van der Waals surface area contributed by atoms with E-state index in [9.17, 15) is 13.6 Å². The Labute approximate surface area is 108 Å². The second-order valence-electron chi connectivity index (χ2n) is 3.79. The Bertz CT molecular complexity index is 639. The van der Waals surface area contributed by atoms with E-state index in [4.69, 9.17) is 9.84 Å². The van der Waals surface area contributed by atoms with Crippen LogP contribution >= 0.6 is 0 Å². The van der Waals surface area contributed by atoms with E-state index in [0.29, 0.717) is 0 Å². The number of ether oxygens (including phenoxy) is 1. The third kappa shape index (κ3) is 2.27. The van der Waals surface area contributed by atoms with Crippen LogP contribution in [0, 0.1) is 11.6 Å². The van der Waals surface area contributed by atoms with Crippen LogP contribution in [0.5, 0.6) is 5.75 Å². The van der Waals surface area contributed by atoms with Crippen molar-refractivity contribution in [3.05, 3.63) is 53.6 Å². The number of carboxylic acid groups (broad SMARTS) is 1. The number of hydrogen-bond acceptors (Lipinski definition) is 2. The van der Waals surface area contributed by atoms with Crippen molar-refractivity contribution in [3.63, 3.8) is 0 Å². The van der Waals surface area contributed by atoms with Crippen molar-refractivity contribution in [1.29, 1.82) is 0 Å². The molecule has 0 radical (unpaired) electrons. The first kappa shape index (κ1) is 13.0. The molecule has 0 unspecified atom stereocenters. The minimum Gasteiger partial charge on any atom is -0.496 e. The molecule has 5 heteroatoms. The average molecular weight is 264 g/mol. The quantitative estimate of drug-likeness (QED) is 0.924. The highest BCUT2D eigenvalue weighted by molar-refractivity contribution is 5.90. The van der Waals surface area contributed by atoms with Crippen LogP contribution in [0.15, 0.2) is 36.4 Å². The molecule has 0 saturated carbocycles. The summed E-state index contributed by atoms with van der Waals surface area (Å²) in [6.07, 6.45) is 0. The number of rotatable bonds is 3. The van der Waals surface area contributed by atoms with Gasteiger partial charge in [-0.3, -0.25) is 0 Å². The van der Waals surface area contributed by atoms with E-state index in [0.717, 1.165) is 12.1 Å². The number of methoxy groups -OCH3 is 1. The van der Waals surface area contributed by atoms with Gasteiger partial charge in [-0.2, -0.15) is 0 Å². The average Bonchev–Trinajstić information content (AvgIpc) is 2.39. The lowest BCUT2D eigenvalue weighted by molar-refractivity contribution is 0.0692. The van der Waals surface area contributed by atoms with Gasteiger partial charge in [0.1, 0.15) is 17.4 Å². The number of aromatic carboxylic acids is 1.